The minimum atomic E-state index is -3.58. The third-order valence-electron chi connectivity index (χ3n) is 6.72. The molecule has 1 aromatic heterocycles. The Kier molecular flexibility index (Phi) is 6.24. The second-order valence-electron chi connectivity index (χ2n) is 9.06. The maximum absolute atomic E-state index is 13.3. The molecule has 1 N–H and O–H groups in total. The third kappa shape index (κ3) is 4.23. The fraction of sp³-hybridized carbons (Fsp3) is 0.214. The van der Waals surface area contributed by atoms with Gasteiger partial charge in [-0.05, 0) is 74.2 Å². The van der Waals surface area contributed by atoms with Crippen LogP contribution in [0.15, 0.2) is 81.4 Å². The van der Waals surface area contributed by atoms with Gasteiger partial charge in [-0.25, -0.2) is 13.0 Å². The normalized spacial score (nSPS) is 14.7. The molecule has 0 bridgehead atoms. The first-order valence-corrected chi connectivity index (χ1v) is 13.3. The summed E-state index contributed by atoms with van der Waals surface area (Å²) < 4.78 is 28.7. The number of rotatable bonds is 5. The molecule has 0 amide bonds. The van der Waals surface area contributed by atoms with Crippen molar-refractivity contribution in [1.29, 1.82) is 0 Å². The minimum Gasteiger partial charge on any atom is -0.494 e. The molecule has 36 heavy (non-hydrogen) atoms. The third-order valence-corrected chi connectivity index (χ3v) is 8.61. The van der Waals surface area contributed by atoms with E-state index in [1.165, 1.54) is 21.2 Å². The lowest BCUT2D eigenvalue weighted by molar-refractivity contribution is 0.436. The molecule has 0 spiro atoms. The first kappa shape index (κ1) is 24.0. The van der Waals surface area contributed by atoms with Crippen molar-refractivity contribution >= 4 is 32.7 Å². The van der Waals surface area contributed by atoms with E-state index < -0.39 is 10.0 Å². The fourth-order valence-corrected chi connectivity index (χ4v) is 6.09. The number of aromatic nitrogens is 1. The molecule has 3 aromatic carbocycles. The summed E-state index contributed by atoms with van der Waals surface area (Å²) in [6, 6.07) is 19.1. The second kappa shape index (κ2) is 9.37. The van der Waals surface area contributed by atoms with Crippen molar-refractivity contribution in [2.24, 2.45) is 4.99 Å². The number of fused-ring (bicyclic) bond motifs is 1. The lowest BCUT2D eigenvalue weighted by atomic mass is 10.1. The van der Waals surface area contributed by atoms with Crippen LogP contribution in [-0.4, -0.2) is 41.7 Å². The Bertz CT molecular complexity index is 1670. The number of nitrogens with zero attached hydrogens (tertiary/aromatic N) is 3. The van der Waals surface area contributed by atoms with Crippen molar-refractivity contribution in [3.05, 3.63) is 93.8 Å². The molecule has 4 aromatic rings. The average Bonchev–Trinajstić information content (AvgIpc) is 3.42. The van der Waals surface area contributed by atoms with Crippen molar-refractivity contribution in [1.82, 2.24) is 8.87 Å². The molecule has 2 heterocycles. The van der Waals surface area contributed by atoms with Crippen molar-refractivity contribution < 1.29 is 13.5 Å². The molecule has 0 radical (unpaired) electrons. The molecule has 8 heteroatoms. The van der Waals surface area contributed by atoms with Gasteiger partial charge in [0.2, 0.25) is 15.9 Å². The summed E-state index contributed by atoms with van der Waals surface area (Å²) in [7, 11) is -3.58. The molecule has 0 aliphatic carbocycles. The van der Waals surface area contributed by atoms with Gasteiger partial charge < -0.3 is 5.11 Å². The van der Waals surface area contributed by atoms with Gasteiger partial charge in [0.05, 0.1) is 21.8 Å². The van der Waals surface area contributed by atoms with Crippen LogP contribution >= 0.6 is 0 Å². The molecule has 0 unspecified atom stereocenters. The summed E-state index contributed by atoms with van der Waals surface area (Å²) in [5.74, 6) is -0.230. The number of hydrogen-bond donors (Lipinski definition) is 1. The van der Waals surface area contributed by atoms with E-state index in [9.17, 15) is 18.3 Å². The summed E-state index contributed by atoms with van der Waals surface area (Å²) in [6.45, 7) is 4.98. The van der Waals surface area contributed by atoms with E-state index in [1.54, 1.807) is 48.5 Å². The molecule has 1 fully saturated rings. The predicted octanol–water partition coefficient (Wildman–Crippen LogP) is 4.85. The Morgan fingerprint density at radius 2 is 1.61 bits per heavy atom. The molecule has 7 nitrogen and oxygen atoms in total. The number of aromatic hydroxyl groups is 1. The monoisotopic (exact) mass is 501 g/mol. The quantitative estimate of drug-likeness (QED) is 0.396. The zero-order valence-corrected chi connectivity index (χ0v) is 21.0. The minimum absolute atomic E-state index is 0.188. The van der Waals surface area contributed by atoms with Crippen LogP contribution in [0, 0.1) is 13.8 Å². The van der Waals surface area contributed by atoms with Gasteiger partial charge in [-0.3, -0.25) is 9.79 Å². The smallest absolute Gasteiger partial charge is 0.265 e. The standard InChI is InChI=1S/C28H27N3O4S/c1-19-12-13-22(16-20(19)2)31-27(32)25-11-4-3-10-24(25)26(28(31)33)18-29-21-8-7-9-23(17-21)36(34,35)30-14-5-6-15-30/h3-4,7-13,16-18,33H,5-6,14-15H2,1-2H3. The zero-order chi connectivity index (χ0) is 25.4. The van der Waals surface area contributed by atoms with Gasteiger partial charge in [0.1, 0.15) is 0 Å². The van der Waals surface area contributed by atoms with Crippen LogP contribution in [0.4, 0.5) is 5.69 Å². The summed E-state index contributed by atoms with van der Waals surface area (Å²) in [6.07, 6.45) is 3.20. The SMILES string of the molecule is Cc1ccc(-n2c(O)c(C=Nc3cccc(S(=O)(=O)N4CCCC4)c3)c3ccccc3c2=O)cc1C. The van der Waals surface area contributed by atoms with Gasteiger partial charge in [0, 0.05) is 30.1 Å². The van der Waals surface area contributed by atoms with E-state index in [-0.39, 0.29) is 16.3 Å². The van der Waals surface area contributed by atoms with Gasteiger partial charge in [-0.15, -0.1) is 0 Å². The lowest BCUT2D eigenvalue weighted by Gasteiger charge is -2.16. The van der Waals surface area contributed by atoms with Crippen molar-refractivity contribution in [3.8, 4) is 11.6 Å². The number of aliphatic imine (C=N–C) groups is 1. The Morgan fingerprint density at radius 1 is 0.889 bits per heavy atom. The Balaban J connectivity index is 1.62. The molecular formula is C28H27N3O4S. The highest BCUT2D eigenvalue weighted by atomic mass is 32.2. The Hall–Kier alpha value is -3.75. The summed E-state index contributed by atoms with van der Waals surface area (Å²) in [4.78, 5) is 18.0. The second-order valence-corrected chi connectivity index (χ2v) is 11.0. The summed E-state index contributed by atoms with van der Waals surface area (Å²) in [5.41, 5.74) is 3.11. The molecule has 5 rings (SSSR count). The van der Waals surface area contributed by atoms with E-state index in [0.717, 1.165) is 24.0 Å². The number of aryl methyl sites for hydroxylation is 2. The molecule has 0 saturated carbocycles. The summed E-state index contributed by atoms with van der Waals surface area (Å²) in [5, 5.41) is 12.3. The fourth-order valence-electron chi connectivity index (χ4n) is 4.53. The lowest BCUT2D eigenvalue weighted by Crippen LogP contribution is -2.27. The van der Waals surface area contributed by atoms with Crippen molar-refractivity contribution in [2.75, 3.05) is 13.1 Å². The largest absolute Gasteiger partial charge is 0.494 e. The first-order chi connectivity index (χ1) is 17.3. The van der Waals surface area contributed by atoms with Gasteiger partial charge in [-0.1, -0.05) is 30.3 Å². The van der Waals surface area contributed by atoms with Gasteiger partial charge in [0.15, 0.2) is 0 Å². The highest BCUT2D eigenvalue weighted by Crippen LogP contribution is 2.28. The van der Waals surface area contributed by atoms with Crippen LogP contribution in [-0.2, 0) is 10.0 Å². The van der Waals surface area contributed by atoms with Crippen LogP contribution in [0.2, 0.25) is 0 Å². The molecule has 184 valence electrons. The Labute approximate surface area is 210 Å². The maximum atomic E-state index is 13.3. The van der Waals surface area contributed by atoms with Crippen LogP contribution in [0.25, 0.3) is 16.5 Å². The van der Waals surface area contributed by atoms with E-state index >= 15 is 0 Å². The average molecular weight is 502 g/mol. The van der Waals surface area contributed by atoms with E-state index in [2.05, 4.69) is 4.99 Å². The molecule has 0 atom stereocenters. The van der Waals surface area contributed by atoms with Crippen molar-refractivity contribution in [3.63, 3.8) is 0 Å². The predicted molar refractivity (Wildman–Crippen MR) is 142 cm³/mol. The Morgan fingerprint density at radius 3 is 2.33 bits per heavy atom. The van der Waals surface area contributed by atoms with Crippen LogP contribution in [0.3, 0.4) is 0 Å². The van der Waals surface area contributed by atoms with Crippen molar-refractivity contribution in [2.45, 2.75) is 31.6 Å². The number of pyridine rings is 1. The van der Waals surface area contributed by atoms with Gasteiger partial charge in [-0.2, -0.15) is 4.31 Å². The molecule has 1 aliphatic heterocycles. The van der Waals surface area contributed by atoms with E-state index in [4.69, 9.17) is 0 Å². The van der Waals surface area contributed by atoms with Crippen LogP contribution in [0.5, 0.6) is 5.88 Å². The van der Waals surface area contributed by atoms with Gasteiger partial charge >= 0.3 is 0 Å². The highest BCUT2D eigenvalue weighted by Gasteiger charge is 2.27. The maximum Gasteiger partial charge on any atom is 0.265 e. The highest BCUT2D eigenvalue weighted by molar-refractivity contribution is 7.89. The number of hydrogen-bond acceptors (Lipinski definition) is 5. The molecular weight excluding hydrogens is 474 g/mol. The molecule has 1 saturated heterocycles. The number of benzene rings is 3. The number of sulfonamides is 1. The summed E-state index contributed by atoms with van der Waals surface area (Å²) >= 11 is 0. The zero-order valence-electron chi connectivity index (χ0n) is 20.2. The van der Waals surface area contributed by atoms with Crippen LogP contribution in [0.1, 0.15) is 29.5 Å². The first-order valence-electron chi connectivity index (χ1n) is 11.9. The van der Waals surface area contributed by atoms with E-state index in [1.807, 2.05) is 26.0 Å². The van der Waals surface area contributed by atoms with E-state index in [0.29, 0.717) is 40.8 Å². The van der Waals surface area contributed by atoms with Crippen LogP contribution < -0.4 is 5.56 Å². The topological polar surface area (TPSA) is 92.0 Å². The van der Waals surface area contributed by atoms with Gasteiger partial charge in [0.25, 0.3) is 5.56 Å². The molecule has 1 aliphatic rings.